The van der Waals surface area contributed by atoms with Crippen molar-refractivity contribution in [2.45, 2.75) is 27.3 Å². The molecule has 1 heterocycles. The number of nitrogens with zero attached hydrogens (tertiary/aromatic N) is 1. The highest BCUT2D eigenvalue weighted by molar-refractivity contribution is 5.27. The molecule has 0 spiro atoms. The van der Waals surface area contributed by atoms with Crippen molar-refractivity contribution in [1.82, 2.24) is 4.68 Å². The Labute approximate surface area is 96.9 Å². The zero-order chi connectivity index (χ0) is 11.5. The standard InChI is InChI=1S/C14H18N2/c1-11-6-4-5-7-14(11)10-15-16-12(2)8-9-13(16)3/h4-9,15H,10H2,1-3H3. The Morgan fingerprint density at radius 3 is 2.19 bits per heavy atom. The van der Waals surface area contributed by atoms with E-state index in [4.69, 9.17) is 0 Å². The van der Waals surface area contributed by atoms with Crippen molar-refractivity contribution < 1.29 is 0 Å². The van der Waals surface area contributed by atoms with Crippen molar-refractivity contribution in [3.05, 3.63) is 58.9 Å². The van der Waals surface area contributed by atoms with Crippen LogP contribution < -0.4 is 5.43 Å². The number of hydrogen-bond acceptors (Lipinski definition) is 1. The van der Waals surface area contributed by atoms with E-state index in [1.165, 1.54) is 22.5 Å². The maximum Gasteiger partial charge on any atom is 0.0566 e. The van der Waals surface area contributed by atoms with Crippen LogP contribution in [0.4, 0.5) is 0 Å². The summed E-state index contributed by atoms with van der Waals surface area (Å²) in [5.74, 6) is 0. The van der Waals surface area contributed by atoms with Crippen molar-refractivity contribution in [2.24, 2.45) is 0 Å². The van der Waals surface area contributed by atoms with Crippen molar-refractivity contribution >= 4 is 0 Å². The lowest BCUT2D eigenvalue weighted by molar-refractivity contribution is 0.790. The van der Waals surface area contributed by atoms with Crippen LogP contribution in [0.15, 0.2) is 36.4 Å². The normalized spacial score (nSPS) is 10.4. The number of nitrogens with one attached hydrogen (secondary N) is 1. The maximum atomic E-state index is 3.44. The van der Waals surface area contributed by atoms with Gasteiger partial charge in [-0.05, 0) is 44.0 Å². The van der Waals surface area contributed by atoms with E-state index in [1.54, 1.807) is 0 Å². The Balaban J connectivity index is 2.11. The van der Waals surface area contributed by atoms with E-state index < -0.39 is 0 Å². The van der Waals surface area contributed by atoms with Gasteiger partial charge in [0.15, 0.2) is 0 Å². The molecule has 16 heavy (non-hydrogen) atoms. The third-order valence-corrected chi connectivity index (χ3v) is 2.96. The van der Waals surface area contributed by atoms with Crippen molar-refractivity contribution in [3.8, 4) is 0 Å². The third-order valence-electron chi connectivity index (χ3n) is 2.96. The summed E-state index contributed by atoms with van der Waals surface area (Å²) in [6.45, 7) is 7.23. The molecule has 1 N–H and O–H groups in total. The van der Waals surface area contributed by atoms with Gasteiger partial charge in [-0.2, -0.15) is 0 Å². The highest BCUT2D eigenvalue weighted by Gasteiger charge is 2.01. The summed E-state index contributed by atoms with van der Waals surface area (Å²) < 4.78 is 2.13. The summed E-state index contributed by atoms with van der Waals surface area (Å²) in [6, 6.07) is 12.7. The zero-order valence-corrected chi connectivity index (χ0v) is 10.1. The van der Waals surface area contributed by atoms with Crippen LogP contribution in [0.2, 0.25) is 0 Å². The molecular weight excluding hydrogens is 196 g/mol. The van der Waals surface area contributed by atoms with Gasteiger partial charge in [-0.25, -0.2) is 0 Å². The first-order valence-corrected chi connectivity index (χ1v) is 5.62. The molecule has 0 amide bonds. The van der Waals surface area contributed by atoms with Gasteiger partial charge in [0.05, 0.1) is 6.54 Å². The molecule has 0 fully saturated rings. The zero-order valence-electron chi connectivity index (χ0n) is 10.1. The van der Waals surface area contributed by atoms with Gasteiger partial charge in [-0.15, -0.1) is 0 Å². The molecule has 84 valence electrons. The minimum absolute atomic E-state index is 0.864. The van der Waals surface area contributed by atoms with E-state index in [-0.39, 0.29) is 0 Å². The summed E-state index contributed by atoms with van der Waals surface area (Å²) in [5, 5.41) is 0. The van der Waals surface area contributed by atoms with E-state index >= 15 is 0 Å². The lowest BCUT2D eigenvalue weighted by Crippen LogP contribution is -2.17. The fourth-order valence-electron chi connectivity index (χ4n) is 1.89. The van der Waals surface area contributed by atoms with E-state index in [0.717, 1.165) is 6.54 Å². The first kappa shape index (κ1) is 10.8. The van der Waals surface area contributed by atoms with E-state index in [0.29, 0.717) is 0 Å². The molecule has 0 atom stereocenters. The number of aromatic nitrogens is 1. The summed E-state index contributed by atoms with van der Waals surface area (Å²) in [7, 11) is 0. The van der Waals surface area contributed by atoms with Crippen LogP contribution in [0.5, 0.6) is 0 Å². The fourth-order valence-corrected chi connectivity index (χ4v) is 1.89. The van der Waals surface area contributed by atoms with Crippen molar-refractivity contribution in [1.29, 1.82) is 0 Å². The average molecular weight is 214 g/mol. The number of hydrogen-bond donors (Lipinski definition) is 1. The lowest BCUT2D eigenvalue weighted by atomic mass is 10.1. The Morgan fingerprint density at radius 1 is 0.938 bits per heavy atom. The Bertz CT molecular complexity index is 464. The molecule has 1 aromatic heterocycles. The fraction of sp³-hybridized carbons (Fsp3) is 0.286. The van der Waals surface area contributed by atoms with Crippen molar-refractivity contribution in [2.75, 3.05) is 5.43 Å². The summed E-state index contributed by atoms with van der Waals surface area (Å²) >= 11 is 0. The topological polar surface area (TPSA) is 17.0 Å². The predicted molar refractivity (Wildman–Crippen MR) is 68.1 cm³/mol. The third kappa shape index (κ3) is 2.11. The summed E-state index contributed by atoms with van der Waals surface area (Å²) in [6.07, 6.45) is 0. The van der Waals surface area contributed by atoms with Gasteiger partial charge in [-0.1, -0.05) is 24.3 Å². The van der Waals surface area contributed by atoms with Gasteiger partial charge in [0.25, 0.3) is 0 Å². The van der Waals surface area contributed by atoms with E-state index in [9.17, 15) is 0 Å². The SMILES string of the molecule is Cc1ccccc1CNn1c(C)ccc1C. The summed E-state index contributed by atoms with van der Waals surface area (Å²) in [4.78, 5) is 0. The van der Waals surface area contributed by atoms with Crippen LogP contribution >= 0.6 is 0 Å². The van der Waals surface area contributed by atoms with Gasteiger partial charge < -0.3 is 5.43 Å². The molecule has 0 saturated carbocycles. The lowest BCUT2D eigenvalue weighted by Gasteiger charge is -2.13. The second-order valence-corrected chi connectivity index (χ2v) is 4.21. The molecule has 2 aromatic rings. The van der Waals surface area contributed by atoms with Crippen LogP contribution in [0, 0.1) is 20.8 Å². The molecule has 0 aliphatic carbocycles. The minimum Gasteiger partial charge on any atom is -0.322 e. The van der Waals surface area contributed by atoms with Gasteiger partial charge in [0.2, 0.25) is 0 Å². The highest BCUT2D eigenvalue weighted by atomic mass is 15.4. The highest BCUT2D eigenvalue weighted by Crippen LogP contribution is 2.09. The van der Waals surface area contributed by atoms with Gasteiger partial charge in [-0.3, -0.25) is 4.68 Å². The molecule has 0 radical (unpaired) electrons. The summed E-state index contributed by atoms with van der Waals surface area (Å²) in [5.41, 5.74) is 8.59. The quantitative estimate of drug-likeness (QED) is 0.830. The van der Waals surface area contributed by atoms with Gasteiger partial charge >= 0.3 is 0 Å². The predicted octanol–water partition coefficient (Wildman–Crippen LogP) is 3.16. The van der Waals surface area contributed by atoms with Crippen LogP contribution in [-0.4, -0.2) is 4.68 Å². The molecule has 0 aliphatic rings. The molecule has 1 aromatic carbocycles. The average Bonchev–Trinajstić information content (AvgIpc) is 2.58. The Hall–Kier alpha value is -1.70. The monoisotopic (exact) mass is 214 g/mol. The molecule has 2 heteroatoms. The van der Waals surface area contributed by atoms with Crippen LogP contribution in [0.3, 0.4) is 0 Å². The maximum absolute atomic E-state index is 3.44. The first-order valence-electron chi connectivity index (χ1n) is 5.62. The molecule has 2 nitrogen and oxygen atoms in total. The van der Waals surface area contributed by atoms with Gasteiger partial charge in [0, 0.05) is 11.4 Å². The Morgan fingerprint density at radius 2 is 1.56 bits per heavy atom. The largest absolute Gasteiger partial charge is 0.322 e. The number of rotatable bonds is 3. The van der Waals surface area contributed by atoms with Gasteiger partial charge in [0.1, 0.15) is 0 Å². The second-order valence-electron chi connectivity index (χ2n) is 4.21. The van der Waals surface area contributed by atoms with Crippen LogP contribution in [0.1, 0.15) is 22.5 Å². The van der Waals surface area contributed by atoms with E-state index in [2.05, 4.69) is 67.3 Å². The number of benzene rings is 1. The Kier molecular flexibility index (Phi) is 3.00. The smallest absolute Gasteiger partial charge is 0.0566 e. The van der Waals surface area contributed by atoms with E-state index in [1.807, 2.05) is 0 Å². The molecule has 0 saturated heterocycles. The second kappa shape index (κ2) is 4.44. The molecule has 0 unspecified atom stereocenters. The number of aryl methyl sites for hydroxylation is 3. The molecule has 0 aliphatic heterocycles. The first-order chi connectivity index (χ1) is 7.68. The molecular formula is C14H18N2. The molecule has 2 rings (SSSR count). The molecule has 0 bridgehead atoms. The van der Waals surface area contributed by atoms with Crippen molar-refractivity contribution in [3.63, 3.8) is 0 Å². The minimum atomic E-state index is 0.864. The van der Waals surface area contributed by atoms with Crippen LogP contribution in [0.25, 0.3) is 0 Å². The van der Waals surface area contributed by atoms with Crippen LogP contribution in [-0.2, 0) is 6.54 Å².